The number of nitrogens with zero attached hydrogens (tertiary/aromatic N) is 2. The number of aromatic nitrogens is 2. The molecule has 24 heavy (non-hydrogen) atoms. The van der Waals surface area contributed by atoms with Crippen LogP contribution in [0.5, 0.6) is 5.88 Å². The number of hydrogen-bond acceptors (Lipinski definition) is 5. The summed E-state index contributed by atoms with van der Waals surface area (Å²) >= 11 is 0. The minimum Gasteiger partial charge on any atom is -0.480 e. The average Bonchev–Trinajstić information content (AvgIpc) is 2.94. The van der Waals surface area contributed by atoms with Gasteiger partial charge in [0.1, 0.15) is 5.76 Å². The van der Waals surface area contributed by atoms with Crippen LogP contribution in [0.25, 0.3) is 11.1 Å². The summed E-state index contributed by atoms with van der Waals surface area (Å²) < 4.78 is 10.7. The van der Waals surface area contributed by atoms with Crippen LogP contribution < -0.4 is 10.1 Å². The second-order valence-electron chi connectivity index (χ2n) is 5.76. The molecule has 1 aromatic carbocycles. The number of aryl methyl sites for hydroxylation is 2. The van der Waals surface area contributed by atoms with E-state index in [0.29, 0.717) is 5.88 Å². The molecule has 0 aliphatic carbocycles. The Morgan fingerprint density at radius 2 is 1.92 bits per heavy atom. The van der Waals surface area contributed by atoms with Crippen LogP contribution in [0, 0.1) is 13.8 Å². The zero-order valence-electron chi connectivity index (χ0n) is 14.3. The molecule has 1 atom stereocenters. The normalized spacial score (nSPS) is 12.0. The van der Waals surface area contributed by atoms with E-state index in [1.54, 1.807) is 13.3 Å². The summed E-state index contributed by atoms with van der Waals surface area (Å²) in [5.74, 6) is 1.34. The maximum Gasteiger partial charge on any atom is 0.237 e. The predicted octanol–water partition coefficient (Wildman–Crippen LogP) is 4.54. The molecule has 124 valence electrons. The van der Waals surface area contributed by atoms with E-state index >= 15 is 0 Å². The Kier molecular flexibility index (Phi) is 4.51. The first-order valence-electron chi connectivity index (χ1n) is 7.89. The minimum absolute atomic E-state index is 0.127. The molecule has 0 radical (unpaired) electrons. The number of benzene rings is 1. The summed E-state index contributed by atoms with van der Waals surface area (Å²) in [6.07, 6.45) is 1.78. The van der Waals surface area contributed by atoms with Crippen molar-refractivity contribution >= 4 is 5.69 Å². The van der Waals surface area contributed by atoms with Gasteiger partial charge in [0.25, 0.3) is 0 Å². The topological polar surface area (TPSA) is 60.2 Å². The molecule has 3 rings (SSSR count). The SMILES string of the molecule is COc1ncc(-c2c(C)noc2C)cc1NC(C)c1ccccc1. The molecule has 0 aliphatic rings. The van der Waals surface area contributed by atoms with Gasteiger partial charge in [0.05, 0.1) is 18.5 Å². The van der Waals surface area contributed by atoms with E-state index in [2.05, 4.69) is 34.5 Å². The highest BCUT2D eigenvalue weighted by Gasteiger charge is 2.16. The largest absolute Gasteiger partial charge is 0.480 e. The molecule has 2 heterocycles. The molecule has 0 aliphatic heterocycles. The van der Waals surface area contributed by atoms with Crippen molar-refractivity contribution in [1.29, 1.82) is 0 Å². The fourth-order valence-corrected chi connectivity index (χ4v) is 2.81. The summed E-state index contributed by atoms with van der Waals surface area (Å²) in [5.41, 5.74) is 4.81. The van der Waals surface area contributed by atoms with Gasteiger partial charge in [-0.25, -0.2) is 4.98 Å². The predicted molar refractivity (Wildman–Crippen MR) is 94.2 cm³/mol. The fraction of sp³-hybridized carbons (Fsp3) is 0.263. The lowest BCUT2D eigenvalue weighted by molar-refractivity contribution is 0.393. The molecule has 0 fully saturated rings. The standard InChI is InChI=1S/C19H21N3O2/c1-12(15-8-6-5-7-9-15)21-17-10-16(11-20-19(17)23-4)18-13(2)22-24-14(18)3/h5-12,21H,1-4H3. The van der Waals surface area contributed by atoms with Crippen LogP contribution in [0.15, 0.2) is 47.1 Å². The van der Waals surface area contributed by atoms with Crippen LogP contribution in [0.2, 0.25) is 0 Å². The number of anilines is 1. The first-order valence-corrected chi connectivity index (χ1v) is 7.89. The highest BCUT2D eigenvalue weighted by molar-refractivity contribution is 5.72. The molecule has 5 heteroatoms. The zero-order valence-corrected chi connectivity index (χ0v) is 14.3. The van der Waals surface area contributed by atoms with Crippen LogP contribution in [0.1, 0.15) is 30.0 Å². The Bertz CT molecular complexity index is 808. The Morgan fingerprint density at radius 1 is 1.17 bits per heavy atom. The zero-order chi connectivity index (χ0) is 17.1. The van der Waals surface area contributed by atoms with Crippen LogP contribution >= 0.6 is 0 Å². The number of nitrogens with one attached hydrogen (secondary N) is 1. The third-order valence-corrected chi connectivity index (χ3v) is 4.04. The summed E-state index contributed by atoms with van der Waals surface area (Å²) in [7, 11) is 1.62. The van der Waals surface area contributed by atoms with Gasteiger partial charge in [-0.15, -0.1) is 0 Å². The maximum atomic E-state index is 5.40. The smallest absolute Gasteiger partial charge is 0.237 e. The first kappa shape index (κ1) is 16.1. The molecule has 2 aromatic heterocycles. The quantitative estimate of drug-likeness (QED) is 0.747. The second kappa shape index (κ2) is 6.74. The van der Waals surface area contributed by atoms with E-state index in [0.717, 1.165) is 28.3 Å². The Labute approximate surface area is 141 Å². The van der Waals surface area contributed by atoms with Crippen molar-refractivity contribution in [2.75, 3.05) is 12.4 Å². The van der Waals surface area contributed by atoms with Crippen molar-refractivity contribution in [2.24, 2.45) is 0 Å². The van der Waals surface area contributed by atoms with E-state index < -0.39 is 0 Å². The van der Waals surface area contributed by atoms with Gasteiger partial charge in [-0.2, -0.15) is 0 Å². The summed E-state index contributed by atoms with van der Waals surface area (Å²) in [6, 6.07) is 12.4. The molecular weight excluding hydrogens is 302 g/mol. The van der Waals surface area contributed by atoms with Crippen LogP contribution in [0.3, 0.4) is 0 Å². The number of rotatable bonds is 5. The second-order valence-corrected chi connectivity index (χ2v) is 5.76. The molecule has 1 unspecified atom stereocenters. The summed E-state index contributed by atoms with van der Waals surface area (Å²) in [4.78, 5) is 4.43. The Morgan fingerprint density at radius 3 is 2.54 bits per heavy atom. The molecule has 0 amide bonds. The average molecular weight is 323 g/mol. The number of pyridine rings is 1. The summed E-state index contributed by atoms with van der Waals surface area (Å²) in [6.45, 7) is 5.94. The van der Waals surface area contributed by atoms with Crippen molar-refractivity contribution in [3.8, 4) is 17.0 Å². The van der Waals surface area contributed by atoms with Gasteiger partial charge >= 0.3 is 0 Å². The van der Waals surface area contributed by atoms with Crippen LogP contribution in [-0.2, 0) is 0 Å². The highest BCUT2D eigenvalue weighted by atomic mass is 16.5. The van der Waals surface area contributed by atoms with E-state index in [4.69, 9.17) is 9.26 Å². The third kappa shape index (κ3) is 3.11. The minimum atomic E-state index is 0.127. The van der Waals surface area contributed by atoms with E-state index in [-0.39, 0.29) is 6.04 Å². The van der Waals surface area contributed by atoms with Gasteiger partial charge in [0.2, 0.25) is 5.88 Å². The summed E-state index contributed by atoms with van der Waals surface area (Å²) in [5, 5.41) is 7.50. The van der Waals surface area contributed by atoms with Crippen molar-refractivity contribution in [3.63, 3.8) is 0 Å². The molecule has 3 aromatic rings. The molecule has 5 nitrogen and oxygen atoms in total. The van der Waals surface area contributed by atoms with Gasteiger partial charge in [-0.05, 0) is 32.4 Å². The Hall–Kier alpha value is -2.82. The molecular formula is C19H21N3O2. The number of hydrogen-bond donors (Lipinski definition) is 1. The van der Waals surface area contributed by atoms with E-state index in [1.807, 2.05) is 38.1 Å². The molecule has 0 saturated heterocycles. The Balaban J connectivity index is 1.96. The molecule has 0 spiro atoms. The molecule has 0 saturated carbocycles. The van der Waals surface area contributed by atoms with Crippen molar-refractivity contribution < 1.29 is 9.26 Å². The van der Waals surface area contributed by atoms with Crippen molar-refractivity contribution in [3.05, 3.63) is 59.6 Å². The lowest BCUT2D eigenvalue weighted by Crippen LogP contribution is -2.08. The van der Waals surface area contributed by atoms with Gasteiger partial charge in [-0.3, -0.25) is 0 Å². The lowest BCUT2D eigenvalue weighted by Gasteiger charge is -2.18. The van der Waals surface area contributed by atoms with Gasteiger partial charge in [0.15, 0.2) is 0 Å². The van der Waals surface area contributed by atoms with Crippen molar-refractivity contribution in [2.45, 2.75) is 26.8 Å². The third-order valence-electron chi connectivity index (χ3n) is 4.04. The van der Waals surface area contributed by atoms with E-state index in [9.17, 15) is 0 Å². The van der Waals surface area contributed by atoms with Gasteiger partial charge in [0, 0.05) is 23.4 Å². The monoisotopic (exact) mass is 323 g/mol. The lowest BCUT2D eigenvalue weighted by atomic mass is 10.0. The number of ether oxygens (including phenoxy) is 1. The van der Waals surface area contributed by atoms with Crippen molar-refractivity contribution in [1.82, 2.24) is 10.1 Å². The highest BCUT2D eigenvalue weighted by Crippen LogP contribution is 2.33. The fourth-order valence-electron chi connectivity index (χ4n) is 2.81. The number of methoxy groups -OCH3 is 1. The maximum absolute atomic E-state index is 5.40. The molecule has 0 bridgehead atoms. The van der Waals surface area contributed by atoms with Gasteiger partial charge < -0.3 is 14.6 Å². The van der Waals surface area contributed by atoms with E-state index in [1.165, 1.54) is 5.56 Å². The van der Waals surface area contributed by atoms with Crippen LogP contribution in [0.4, 0.5) is 5.69 Å². The van der Waals surface area contributed by atoms with Crippen LogP contribution in [-0.4, -0.2) is 17.3 Å². The van der Waals surface area contributed by atoms with Gasteiger partial charge in [-0.1, -0.05) is 35.5 Å². The first-order chi connectivity index (χ1) is 11.6. The molecule has 1 N–H and O–H groups in total.